The Kier molecular flexibility index (Phi) is 6.19. The minimum atomic E-state index is -0.366. The van der Waals surface area contributed by atoms with Crippen LogP contribution in [0.15, 0.2) is 58.5 Å². The zero-order chi connectivity index (χ0) is 19.4. The van der Waals surface area contributed by atoms with Crippen molar-refractivity contribution in [1.29, 1.82) is 0 Å². The van der Waals surface area contributed by atoms with Crippen molar-refractivity contribution in [2.75, 3.05) is 6.54 Å². The molecule has 0 aliphatic rings. The lowest BCUT2D eigenvalue weighted by Crippen LogP contribution is -2.32. The molecule has 0 saturated heterocycles. The summed E-state index contributed by atoms with van der Waals surface area (Å²) >= 11 is 7.24. The quantitative estimate of drug-likeness (QED) is 0.505. The van der Waals surface area contributed by atoms with Crippen molar-refractivity contribution in [2.24, 2.45) is 0 Å². The molecule has 0 saturated carbocycles. The van der Waals surface area contributed by atoms with Crippen molar-refractivity contribution in [1.82, 2.24) is 14.9 Å². The molecule has 1 N–H and O–H groups in total. The first-order valence-corrected chi connectivity index (χ1v) is 9.93. The third-order valence-corrected chi connectivity index (χ3v) is 5.43. The van der Waals surface area contributed by atoms with E-state index in [1.54, 1.807) is 22.8 Å². The number of carbonyl (C=O) groups excluding carboxylic acids is 1. The summed E-state index contributed by atoms with van der Waals surface area (Å²) < 4.78 is 1.62. The number of fused-ring (bicyclic) bond motifs is 1. The maximum atomic E-state index is 13.1. The second-order valence-electron chi connectivity index (χ2n) is 6.08. The standard InChI is InChI=1S/C20H20ClN3O2S/c1-3-22-18(25)13(2)27-20-23-17-7-5-4-6-16(17)19(26)24(20)12-14-8-10-15(21)11-9-14/h4-11,13H,3,12H2,1-2H3,(H,22,25)/t13-/m0/s1. The number of rotatable bonds is 6. The minimum Gasteiger partial charge on any atom is -0.355 e. The molecule has 0 fully saturated rings. The molecule has 1 amide bonds. The molecule has 1 aromatic heterocycles. The fourth-order valence-electron chi connectivity index (χ4n) is 2.68. The average Bonchev–Trinajstić information content (AvgIpc) is 2.66. The Morgan fingerprint density at radius 3 is 2.63 bits per heavy atom. The van der Waals surface area contributed by atoms with Crippen molar-refractivity contribution in [3.05, 3.63) is 69.5 Å². The molecule has 3 aromatic rings. The van der Waals surface area contributed by atoms with Crippen LogP contribution in [0.25, 0.3) is 10.9 Å². The topological polar surface area (TPSA) is 64.0 Å². The smallest absolute Gasteiger partial charge is 0.262 e. The van der Waals surface area contributed by atoms with Crippen molar-refractivity contribution in [3.8, 4) is 0 Å². The van der Waals surface area contributed by atoms with Gasteiger partial charge >= 0.3 is 0 Å². The number of hydrogen-bond acceptors (Lipinski definition) is 4. The van der Waals surface area contributed by atoms with E-state index in [1.807, 2.05) is 44.2 Å². The van der Waals surface area contributed by atoms with Gasteiger partial charge in [0.25, 0.3) is 5.56 Å². The number of nitrogens with one attached hydrogen (secondary N) is 1. The van der Waals surface area contributed by atoms with Gasteiger partial charge in [-0.2, -0.15) is 0 Å². The predicted molar refractivity (Wildman–Crippen MR) is 111 cm³/mol. The van der Waals surface area contributed by atoms with Crippen LogP contribution in [0, 0.1) is 0 Å². The van der Waals surface area contributed by atoms with Crippen LogP contribution in [-0.2, 0) is 11.3 Å². The summed E-state index contributed by atoms with van der Waals surface area (Å²) in [6.07, 6.45) is 0. The molecule has 5 nitrogen and oxygen atoms in total. The lowest BCUT2D eigenvalue weighted by atomic mass is 10.2. The number of nitrogens with zero attached hydrogens (tertiary/aromatic N) is 2. The zero-order valence-corrected chi connectivity index (χ0v) is 16.7. The average molecular weight is 402 g/mol. The van der Waals surface area contributed by atoms with Gasteiger partial charge in [-0.3, -0.25) is 14.2 Å². The number of para-hydroxylation sites is 1. The third kappa shape index (κ3) is 4.51. The van der Waals surface area contributed by atoms with Gasteiger partial charge < -0.3 is 5.32 Å². The van der Waals surface area contributed by atoms with E-state index in [9.17, 15) is 9.59 Å². The molecular formula is C20H20ClN3O2S. The highest BCUT2D eigenvalue weighted by molar-refractivity contribution is 8.00. The van der Waals surface area contributed by atoms with Crippen molar-refractivity contribution >= 4 is 40.2 Å². The molecule has 0 aliphatic heterocycles. The van der Waals surface area contributed by atoms with E-state index in [2.05, 4.69) is 10.3 Å². The van der Waals surface area contributed by atoms with E-state index in [1.165, 1.54) is 11.8 Å². The number of benzene rings is 2. The predicted octanol–water partition coefficient (Wildman–Crippen LogP) is 3.71. The second-order valence-corrected chi connectivity index (χ2v) is 7.83. The van der Waals surface area contributed by atoms with Gasteiger partial charge in [0.15, 0.2) is 5.16 Å². The first kappa shape index (κ1) is 19.5. The van der Waals surface area contributed by atoms with Crippen molar-refractivity contribution in [2.45, 2.75) is 30.8 Å². The van der Waals surface area contributed by atoms with E-state index >= 15 is 0 Å². The molecule has 2 aromatic carbocycles. The number of amides is 1. The molecule has 140 valence electrons. The van der Waals surface area contributed by atoms with Crippen LogP contribution in [0.4, 0.5) is 0 Å². The first-order chi connectivity index (χ1) is 13.0. The van der Waals surface area contributed by atoms with E-state index in [-0.39, 0.29) is 16.7 Å². The number of carbonyl (C=O) groups is 1. The van der Waals surface area contributed by atoms with Crippen LogP contribution < -0.4 is 10.9 Å². The van der Waals surface area contributed by atoms with Gasteiger partial charge in [0.1, 0.15) is 0 Å². The summed E-state index contributed by atoms with van der Waals surface area (Å²) in [7, 11) is 0. The monoisotopic (exact) mass is 401 g/mol. The summed E-state index contributed by atoms with van der Waals surface area (Å²) in [6.45, 7) is 4.61. The summed E-state index contributed by atoms with van der Waals surface area (Å²) in [6, 6.07) is 14.6. The molecule has 1 heterocycles. The molecule has 0 unspecified atom stereocenters. The fraction of sp³-hybridized carbons (Fsp3) is 0.250. The van der Waals surface area contributed by atoms with E-state index in [0.717, 1.165) is 5.56 Å². The lowest BCUT2D eigenvalue weighted by molar-refractivity contribution is -0.120. The summed E-state index contributed by atoms with van der Waals surface area (Å²) in [4.78, 5) is 29.9. The molecule has 0 aliphatic carbocycles. The summed E-state index contributed by atoms with van der Waals surface area (Å²) in [5.41, 5.74) is 1.44. The normalized spacial score (nSPS) is 12.1. The Bertz CT molecular complexity index is 1020. The van der Waals surface area contributed by atoms with Gasteiger partial charge in [0, 0.05) is 11.6 Å². The highest BCUT2D eigenvalue weighted by atomic mass is 35.5. The lowest BCUT2D eigenvalue weighted by Gasteiger charge is -2.16. The Balaban J connectivity index is 2.05. The molecule has 1 atom stereocenters. The Labute approximate surface area is 166 Å². The van der Waals surface area contributed by atoms with Gasteiger partial charge in [0.05, 0.1) is 22.7 Å². The maximum Gasteiger partial charge on any atom is 0.262 e. The molecule has 0 bridgehead atoms. The van der Waals surface area contributed by atoms with Gasteiger partial charge in [0.2, 0.25) is 5.91 Å². The number of halogens is 1. The molecular weight excluding hydrogens is 382 g/mol. The van der Waals surface area contributed by atoms with Crippen LogP contribution >= 0.6 is 23.4 Å². The largest absolute Gasteiger partial charge is 0.355 e. The highest BCUT2D eigenvalue weighted by Gasteiger charge is 2.19. The second kappa shape index (κ2) is 8.59. The van der Waals surface area contributed by atoms with Crippen molar-refractivity contribution in [3.63, 3.8) is 0 Å². The van der Waals surface area contributed by atoms with Crippen LogP contribution in [-0.4, -0.2) is 27.3 Å². The Morgan fingerprint density at radius 2 is 1.93 bits per heavy atom. The van der Waals surface area contributed by atoms with Gasteiger partial charge in [-0.1, -0.05) is 47.6 Å². The SMILES string of the molecule is CCNC(=O)[C@H](C)Sc1nc2ccccc2c(=O)n1Cc1ccc(Cl)cc1. The third-order valence-electron chi connectivity index (χ3n) is 4.08. The van der Waals surface area contributed by atoms with Crippen LogP contribution in [0.1, 0.15) is 19.4 Å². The van der Waals surface area contributed by atoms with Crippen LogP contribution in [0.5, 0.6) is 0 Å². The molecule has 0 spiro atoms. The first-order valence-electron chi connectivity index (χ1n) is 8.68. The molecule has 7 heteroatoms. The van der Waals surface area contributed by atoms with Gasteiger partial charge in [-0.25, -0.2) is 4.98 Å². The number of thioether (sulfide) groups is 1. The molecule has 3 rings (SSSR count). The van der Waals surface area contributed by atoms with Gasteiger partial charge in [-0.05, 0) is 43.7 Å². The summed E-state index contributed by atoms with van der Waals surface area (Å²) in [5.74, 6) is -0.0806. The summed E-state index contributed by atoms with van der Waals surface area (Å²) in [5, 5.41) is 4.16. The van der Waals surface area contributed by atoms with E-state index in [4.69, 9.17) is 11.6 Å². The number of aromatic nitrogens is 2. The number of hydrogen-bond donors (Lipinski definition) is 1. The maximum absolute atomic E-state index is 13.1. The molecule has 0 radical (unpaired) electrons. The minimum absolute atomic E-state index is 0.0806. The zero-order valence-electron chi connectivity index (χ0n) is 15.1. The highest BCUT2D eigenvalue weighted by Crippen LogP contribution is 2.23. The Morgan fingerprint density at radius 1 is 1.22 bits per heavy atom. The van der Waals surface area contributed by atoms with E-state index in [0.29, 0.717) is 34.2 Å². The van der Waals surface area contributed by atoms with Crippen LogP contribution in [0.3, 0.4) is 0 Å². The van der Waals surface area contributed by atoms with Gasteiger partial charge in [-0.15, -0.1) is 0 Å². The Hall–Kier alpha value is -2.31. The molecule has 27 heavy (non-hydrogen) atoms. The van der Waals surface area contributed by atoms with Crippen LogP contribution in [0.2, 0.25) is 5.02 Å². The van der Waals surface area contributed by atoms with E-state index < -0.39 is 0 Å². The van der Waals surface area contributed by atoms with Crippen molar-refractivity contribution < 1.29 is 4.79 Å². The fourth-order valence-corrected chi connectivity index (χ4v) is 3.74.